The van der Waals surface area contributed by atoms with Gasteiger partial charge in [0.1, 0.15) is 6.61 Å². The normalized spacial score (nSPS) is 19.8. The summed E-state index contributed by atoms with van der Waals surface area (Å²) >= 11 is 0. The first kappa shape index (κ1) is 11.6. The maximum Gasteiger partial charge on any atom is 0.108 e. The van der Waals surface area contributed by atoms with Crippen LogP contribution in [0.25, 0.3) is 0 Å². The average Bonchev–Trinajstić information content (AvgIpc) is 2.13. The SMILES string of the molecule is Cc1cc(C)c2c(c1)COOC(C)(C)CC2. The van der Waals surface area contributed by atoms with Gasteiger partial charge in [-0.3, -0.25) is 0 Å². The Morgan fingerprint density at radius 2 is 1.94 bits per heavy atom. The summed E-state index contributed by atoms with van der Waals surface area (Å²) < 4.78 is 0. The predicted molar refractivity (Wildman–Crippen MR) is 64.2 cm³/mol. The Hall–Kier alpha value is -0.860. The first-order chi connectivity index (χ1) is 7.48. The fourth-order valence-corrected chi connectivity index (χ4v) is 2.29. The molecule has 0 aliphatic carbocycles. The lowest BCUT2D eigenvalue weighted by atomic mass is 9.91. The van der Waals surface area contributed by atoms with Gasteiger partial charge in [0.25, 0.3) is 0 Å². The van der Waals surface area contributed by atoms with Crippen LogP contribution < -0.4 is 0 Å². The second kappa shape index (κ2) is 4.19. The third kappa shape index (κ3) is 2.45. The van der Waals surface area contributed by atoms with Gasteiger partial charge in [-0.2, -0.15) is 0 Å². The van der Waals surface area contributed by atoms with E-state index in [2.05, 4.69) is 39.8 Å². The summed E-state index contributed by atoms with van der Waals surface area (Å²) in [5.41, 5.74) is 5.18. The van der Waals surface area contributed by atoms with E-state index >= 15 is 0 Å². The van der Waals surface area contributed by atoms with E-state index < -0.39 is 0 Å². The quantitative estimate of drug-likeness (QED) is 0.623. The van der Waals surface area contributed by atoms with Crippen LogP contribution in [0.15, 0.2) is 12.1 Å². The van der Waals surface area contributed by atoms with Crippen molar-refractivity contribution >= 4 is 0 Å². The van der Waals surface area contributed by atoms with E-state index in [0.717, 1.165) is 12.8 Å². The van der Waals surface area contributed by atoms with E-state index in [9.17, 15) is 0 Å². The van der Waals surface area contributed by atoms with Crippen molar-refractivity contribution in [3.63, 3.8) is 0 Å². The number of benzene rings is 1. The van der Waals surface area contributed by atoms with Gasteiger partial charge in [0.2, 0.25) is 0 Å². The molecule has 1 aliphatic heterocycles. The fourth-order valence-electron chi connectivity index (χ4n) is 2.29. The lowest BCUT2D eigenvalue weighted by molar-refractivity contribution is -0.363. The second-order valence-electron chi connectivity index (χ2n) is 5.32. The van der Waals surface area contributed by atoms with Crippen LogP contribution in [0.4, 0.5) is 0 Å². The van der Waals surface area contributed by atoms with Crippen molar-refractivity contribution in [3.8, 4) is 0 Å². The second-order valence-corrected chi connectivity index (χ2v) is 5.32. The molecule has 16 heavy (non-hydrogen) atoms. The van der Waals surface area contributed by atoms with Gasteiger partial charge >= 0.3 is 0 Å². The van der Waals surface area contributed by atoms with Crippen LogP contribution in [0, 0.1) is 13.8 Å². The Bertz CT molecular complexity index is 394. The topological polar surface area (TPSA) is 18.5 Å². The highest BCUT2D eigenvalue weighted by Crippen LogP contribution is 2.27. The number of rotatable bonds is 0. The lowest BCUT2D eigenvalue weighted by Gasteiger charge is -2.27. The molecule has 2 heteroatoms. The molecule has 0 bridgehead atoms. The molecule has 0 spiro atoms. The Kier molecular flexibility index (Phi) is 3.04. The highest BCUT2D eigenvalue weighted by Gasteiger charge is 2.23. The summed E-state index contributed by atoms with van der Waals surface area (Å²) in [5, 5.41) is 0. The molecule has 1 aromatic rings. The molecular weight excluding hydrogens is 200 g/mol. The largest absolute Gasteiger partial charge is 0.231 e. The molecule has 0 unspecified atom stereocenters. The van der Waals surface area contributed by atoms with E-state index in [-0.39, 0.29) is 5.60 Å². The van der Waals surface area contributed by atoms with Gasteiger partial charge in [0.05, 0.1) is 5.60 Å². The smallest absolute Gasteiger partial charge is 0.108 e. The Morgan fingerprint density at radius 1 is 1.19 bits per heavy atom. The number of hydrogen-bond acceptors (Lipinski definition) is 2. The van der Waals surface area contributed by atoms with Crippen LogP contribution in [-0.4, -0.2) is 5.60 Å². The van der Waals surface area contributed by atoms with Crippen molar-refractivity contribution in [2.45, 2.75) is 52.7 Å². The predicted octanol–water partition coefficient (Wildman–Crippen LogP) is 3.48. The van der Waals surface area contributed by atoms with Gasteiger partial charge in [0.15, 0.2) is 0 Å². The molecule has 88 valence electrons. The monoisotopic (exact) mass is 220 g/mol. The highest BCUT2D eigenvalue weighted by atomic mass is 17.2. The molecule has 0 fully saturated rings. The molecule has 2 nitrogen and oxygen atoms in total. The third-order valence-corrected chi connectivity index (χ3v) is 3.19. The van der Waals surface area contributed by atoms with Gasteiger partial charge in [-0.1, -0.05) is 17.7 Å². The Morgan fingerprint density at radius 3 is 2.69 bits per heavy atom. The van der Waals surface area contributed by atoms with Crippen molar-refractivity contribution in [1.82, 2.24) is 0 Å². The van der Waals surface area contributed by atoms with Crippen molar-refractivity contribution in [2.75, 3.05) is 0 Å². The summed E-state index contributed by atoms with van der Waals surface area (Å²) in [4.78, 5) is 10.7. The third-order valence-electron chi connectivity index (χ3n) is 3.19. The molecule has 1 aliphatic rings. The molecule has 0 saturated heterocycles. The molecule has 0 atom stereocenters. The van der Waals surface area contributed by atoms with E-state index in [1.807, 2.05) is 0 Å². The highest BCUT2D eigenvalue weighted by molar-refractivity contribution is 5.38. The van der Waals surface area contributed by atoms with Crippen molar-refractivity contribution in [2.24, 2.45) is 0 Å². The standard InChI is InChI=1S/C14H20O2/c1-10-7-11(2)13-5-6-14(3,4)16-15-9-12(13)8-10/h7-8H,5-6,9H2,1-4H3. The van der Waals surface area contributed by atoms with Gasteiger partial charge < -0.3 is 0 Å². The van der Waals surface area contributed by atoms with Crippen LogP contribution >= 0.6 is 0 Å². The zero-order chi connectivity index (χ0) is 11.8. The van der Waals surface area contributed by atoms with Crippen LogP contribution in [0.3, 0.4) is 0 Å². The van der Waals surface area contributed by atoms with Crippen molar-refractivity contribution < 1.29 is 9.78 Å². The van der Waals surface area contributed by atoms with Gasteiger partial charge in [-0.25, -0.2) is 9.78 Å². The summed E-state index contributed by atoms with van der Waals surface area (Å²) in [6, 6.07) is 4.44. The minimum Gasteiger partial charge on any atom is -0.231 e. The molecule has 0 saturated carbocycles. The summed E-state index contributed by atoms with van der Waals surface area (Å²) in [7, 11) is 0. The Balaban J connectivity index is 2.34. The van der Waals surface area contributed by atoms with Gasteiger partial charge in [-0.05, 0) is 57.2 Å². The molecule has 0 radical (unpaired) electrons. The van der Waals surface area contributed by atoms with E-state index in [4.69, 9.17) is 9.78 Å². The summed E-state index contributed by atoms with van der Waals surface area (Å²) in [5.74, 6) is 0. The Labute approximate surface area is 97.5 Å². The van der Waals surface area contributed by atoms with Crippen molar-refractivity contribution in [3.05, 3.63) is 34.4 Å². The van der Waals surface area contributed by atoms with Gasteiger partial charge in [-0.15, -0.1) is 0 Å². The van der Waals surface area contributed by atoms with Crippen LogP contribution in [0.5, 0.6) is 0 Å². The average molecular weight is 220 g/mol. The number of fused-ring (bicyclic) bond motifs is 1. The molecule has 0 N–H and O–H groups in total. The maximum absolute atomic E-state index is 5.41. The van der Waals surface area contributed by atoms with Crippen LogP contribution in [0.1, 0.15) is 42.5 Å². The number of hydrogen-bond donors (Lipinski definition) is 0. The molecule has 0 aromatic heterocycles. The molecule has 1 heterocycles. The van der Waals surface area contributed by atoms with Crippen LogP contribution in [0.2, 0.25) is 0 Å². The van der Waals surface area contributed by atoms with Crippen LogP contribution in [-0.2, 0) is 22.8 Å². The lowest BCUT2D eigenvalue weighted by Crippen LogP contribution is -2.27. The number of aryl methyl sites for hydroxylation is 2. The first-order valence-electron chi connectivity index (χ1n) is 5.87. The van der Waals surface area contributed by atoms with E-state index in [1.54, 1.807) is 0 Å². The minimum atomic E-state index is -0.185. The van der Waals surface area contributed by atoms with E-state index in [1.165, 1.54) is 22.3 Å². The molecule has 1 aromatic carbocycles. The van der Waals surface area contributed by atoms with Crippen molar-refractivity contribution in [1.29, 1.82) is 0 Å². The minimum absolute atomic E-state index is 0.185. The fraction of sp³-hybridized carbons (Fsp3) is 0.571. The maximum atomic E-state index is 5.41. The molecule has 0 amide bonds. The van der Waals surface area contributed by atoms with Gasteiger partial charge in [0, 0.05) is 0 Å². The zero-order valence-corrected chi connectivity index (χ0v) is 10.6. The van der Waals surface area contributed by atoms with E-state index in [0.29, 0.717) is 6.61 Å². The zero-order valence-electron chi connectivity index (χ0n) is 10.6. The molecular formula is C14H20O2. The summed E-state index contributed by atoms with van der Waals surface area (Å²) in [6.07, 6.45) is 2.06. The molecule has 2 rings (SSSR count). The summed E-state index contributed by atoms with van der Waals surface area (Å²) in [6.45, 7) is 9.00. The first-order valence-corrected chi connectivity index (χ1v) is 5.87.